The summed E-state index contributed by atoms with van der Waals surface area (Å²) in [7, 11) is 1.41. The van der Waals surface area contributed by atoms with E-state index in [9.17, 15) is 27.9 Å². The standard InChI is InChI=1S/C13H13F3N4O3/c1-19-11(22)18-9-8-7(3-12(9,19)23)20-4-5(13(14,15)16)2-6(20)10(21)17-8/h2,4,7-9,23H,3H2,1H3,(H,17,21)(H,18,22)/t7-,8-,9+,12+/m1/s1. The minimum Gasteiger partial charge on any atom is -0.368 e. The lowest BCUT2D eigenvalue weighted by Gasteiger charge is -2.31. The van der Waals surface area contributed by atoms with E-state index in [1.54, 1.807) is 0 Å². The molecule has 1 saturated carbocycles. The van der Waals surface area contributed by atoms with Gasteiger partial charge in [-0.25, -0.2) is 4.79 Å². The molecule has 4 atom stereocenters. The highest BCUT2D eigenvalue weighted by atomic mass is 19.4. The number of aliphatic hydroxyl groups is 1. The van der Waals surface area contributed by atoms with E-state index in [1.165, 1.54) is 11.6 Å². The second-order valence-electron chi connectivity index (χ2n) is 6.15. The lowest BCUT2D eigenvalue weighted by molar-refractivity contribution is -0.137. The number of nitrogens with zero attached hydrogens (tertiary/aromatic N) is 2. The number of carbonyl (C=O) groups excluding carboxylic acids is 2. The first kappa shape index (κ1) is 14.4. The number of nitrogens with one attached hydrogen (secondary N) is 2. The normalized spacial score (nSPS) is 35.5. The summed E-state index contributed by atoms with van der Waals surface area (Å²) in [5.74, 6) is -0.658. The van der Waals surface area contributed by atoms with Gasteiger partial charge in [0.05, 0.1) is 17.6 Å². The number of halogens is 3. The van der Waals surface area contributed by atoms with Crippen molar-refractivity contribution in [2.24, 2.45) is 0 Å². The highest BCUT2D eigenvalue weighted by molar-refractivity contribution is 5.94. The van der Waals surface area contributed by atoms with Gasteiger partial charge in [0.15, 0.2) is 5.72 Å². The highest BCUT2D eigenvalue weighted by Crippen LogP contribution is 2.46. The van der Waals surface area contributed by atoms with Crippen LogP contribution in [-0.2, 0) is 6.18 Å². The summed E-state index contributed by atoms with van der Waals surface area (Å²) >= 11 is 0. The fourth-order valence-electron chi connectivity index (χ4n) is 3.79. The Bertz CT molecular complexity index is 731. The van der Waals surface area contributed by atoms with Gasteiger partial charge < -0.3 is 20.3 Å². The van der Waals surface area contributed by atoms with Gasteiger partial charge in [0.2, 0.25) is 0 Å². The van der Waals surface area contributed by atoms with Crippen LogP contribution in [0.2, 0.25) is 0 Å². The Labute approximate surface area is 128 Å². The Hall–Kier alpha value is -2.23. The third kappa shape index (κ3) is 1.69. The number of hydrogen-bond donors (Lipinski definition) is 3. The van der Waals surface area contributed by atoms with Crippen molar-refractivity contribution in [3.8, 4) is 0 Å². The van der Waals surface area contributed by atoms with Gasteiger partial charge in [-0.2, -0.15) is 13.2 Å². The number of aromatic nitrogens is 1. The summed E-state index contributed by atoms with van der Waals surface area (Å²) in [6.45, 7) is 0. The molecule has 1 saturated heterocycles. The number of alkyl halides is 3. The Balaban J connectivity index is 1.79. The van der Waals surface area contributed by atoms with Gasteiger partial charge in [0, 0.05) is 19.7 Å². The SMILES string of the molecule is CN1C(=O)N[C@H]2[C@@H]3NC(=O)c4cc(C(F)(F)F)cn4[C@@H]3C[C@]21O. The number of likely N-dealkylation sites (N-methyl/N-ethyl adjacent to an activating group) is 1. The van der Waals surface area contributed by atoms with Gasteiger partial charge in [0.25, 0.3) is 5.91 Å². The van der Waals surface area contributed by atoms with E-state index in [-0.39, 0.29) is 12.1 Å². The van der Waals surface area contributed by atoms with Crippen LogP contribution in [0.3, 0.4) is 0 Å². The number of rotatable bonds is 0. The van der Waals surface area contributed by atoms with Crippen molar-refractivity contribution in [1.82, 2.24) is 20.1 Å². The Morgan fingerprint density at radius 2 is 2.04 bits per heavy atom. The quantitative estimate of drug-likeness (QED) is 0.638. The zero-order valence-electron chi connectivity index (χ0n) is 11.9. The van der Waals surface area contributed by atoms with Gasteiger partial charge in [-0.3, -0.25) is 9.69 Å². The first-order chi connectivity index (χ1) is 10.6. The summed E-state index contributed by atoms with van der Waals surface area (Å²) in [5.41, 5.74) is -2.56. The third-order valence-electron chi connectivity index (χ3n) is 5.01. The van der Waals surface area contributed by atoms with Crippen LogP contribution >= 0.6 is 0 Å². The molecule has 3 heterocycles. The maximum absolute atomic E-state index is 12.9. The van der Waals surface area contributed by atoms with Crippen LogP contribution in [0.4, 0.5) is 18.0 Å². The van der Waals surface area contributed by atoms with E-state index in [0.29, 0.717) is 0 Å². The van der Waals surface area contributed by atoms with Crippen molar-refractivity contribution in [2.45, 2.75) is 36.4 Å². The monoisotopic (exact) mass is 330 g/mol. The number of urea groups is 1. The molecule has 23 heavy (non-hydrogen) atoms. The Kier molecular flexibility index (Phi) is 2.49. The molecule has 0 aromatic carbocycles. The molecule has 0 bridgehead atoms. The van der Waals surface area contributed by atoms with Gasteiger partial charge in [-0.1, -0.05) is 0 Å². The Morgan fingerprint density at radius 3 is 2.70 bits per heavy atom. The summed E-state index contributed by atoms with van der Waals surface area (Å²) in [6.07, 6.45) is -3.65. The molecule has 1 aromatic rings. The molecule has 0 spiro atoms. The molecule has 1 aliphatic carbocycles. The Morgan fingerprint density at radius 1 is 1.35 bits per heavy atom. The first-order valence-electron chi connectivity index (χ1n) is 6.99. The van der Waals surface area contributed by atoms with Gasteiger partial charge >= 0.3 is 12.2 Å². The molecule has 3 aliphatic rings. The van der Waals surface area contributed by atoms with Crippen LogP contribution in [0.15, 0.2) is 12.3 Å². The predicted molar refractivity (Wildman–Crippen MR) is 69.4 cm³/mol. The molecular formula is C13H13F3N4O3. The van der Waals surface area contributed by atoms with Crippen LogP contribution in [0, 0.1) is 0 Å². The van der Waals surface area contributed by atoms with Crippen LogP contribution < -0.4 is 10.6 Å². The topological polar surface area (TPSA) is 86.6 Å². The lowest BCUT2D eigenvalue weighted by Crippen LogP contribution is -2.56. The number of fused-ring (bicyclic) bond motifs is 5. The largest absolute Gasteiger partial charge is 0.417 e. The van der Waals surface area contributed by atoms with Crippen molar-refractivity contribution in [3.05, 3.63) is 23.5 Å². The van der Waals surface area contributed by atoms with Gasteiger partial charge in [0.1, 0.15) is 11.7 Å². The molecule has 4 rings (SSSR count). The minimum absolute atomic E-state index is 0.0246. The van der Waals surface area contributed by atoms with Crippen LogP contribution in [0.25, 0.3) is 0 Å². The second-order valence-corrected chi connectivity index (χ2v) is 6.15. The predicted octanol–water partition coefficient (Wildman–Crippen LogP) is 0.276. The molecule has 7 nitrogen and oxygen atoms in total. The van der Waals surface area contributed by atoms with E-state index in [1.807, 2.05) is 0 Å². The van der Waals surface area contributed by atoms with E-state index in [0.717, 1.165) is 17.2 Å². The summed E-state index contributed by atoms with van der Waals surface area (Å²) < 4.78 is 40.0. The van der Waals surface area contributed by atoms with Gasteiger partial charge in [-0.15, -0.1) is 0 Å². The van der Waals surface area contributed by atoms with Crippen molar-refractivity contribution < 1.29 is 27.9 Å². The van der Waals surface area contributed by atoms with E-state index < -0.39 is 47.5 Å². The van der Waals surface area contributed by atoms with Crippen molar-refractivity contribution in [1.29, 1.82) is 0 Å². The van der Waals surface area contributed by atoms with E-state index in [2.05, 4.69) is 10.6 Å². The fraction of sp³-hybridized carbons (Fsp3) is 0.538. The average molecular weight is 330 g/mol. The molecule has 2 fully saturated rings. The number of hydrogen-bond acceptors (Lipinski definition) is 3. The van der Waals surface area contributed by atoms with E-state index in [4.69, 9.17) is 0 Å². The summed E-state index contributed by atoms with van der Waals surface area (Å²) in [5, 5.41) is 15.9. The van der Waals surface area contributed by atoms with Gasteiger partial charge in [-0.05, 0) is 6.07 Å². The maximum Gasteiger partial charge on any atom is 0.417 e. The summed E-state index contributed by atoms with van der Waals surface area (Å²) in [6, 6.07) is -1.72. The highest BCUT2D eigenvalue weighted by Gasteiger charge is 2.63. The summed E-state index contributed by atoms with van der Waals surface area (Å²) in [4.78, 5) is 25.0. The third-order valence-corrected chi connectivity index (χ3v) is 5.01. The molecule has 2 aliphatic heterocycles. The van der Waals surface area contributed by atoms with Crippen LogP contribution in [-0.4, -0.2) is 51.4 Å². The van der Waals surface area contributed by atoms with Crippen molar-refractivity contribution in [3.63, 3.8) is 0 Å². The second kappa shape index (κ2) is 3.99. The number of carbonyl (C=O) groups is 2. The average Bonchev–Trinajstić information content (AvgIpc) is 3.06. The molecule has 0 unspecified atom stereocenters. The van der Waals surface area contributed by atoms with Crippen molar-refractivity contribution in [2.75, 3.05) is 7.05 Å². The molecule has 124 valence electrons. The van der Waals surface area contributed by atoms with Crippen LogP contribution in [0.1, 0.15) is 28.5 Å². The zero-order chi connectivity index (χ0) is 16.7. The molecule has 3 amide bonds. The fourth-order valence-corrected chi connectivity index (χ4v) is 3.79. The molecule has 10 heteroatoms. The minimum atomic E-state index is -4.56. The molecular weight excluding hydrogens is 317 g/mol. The van der Waals surface area contributed by atoms with Crippen LogP contribution in [0.5, 0.6) is 0 Å². The smallest absolute Gasteiger partial charge is 0.368 e. The lowest BCUT2D eigenvalue weighted by atomic mass is 10.1. The number of amides is 3. The first-order valence-corrected chi connectivity index (χ1v) is 6.99. The molecule has 0 radical (unpaired) electrons. The maximum atomic E-state index is 12.9. The van der Waals surface area contributed by atoms with Crippen molar-refractivity contribution >= 4 is 11.9 Å². The van der Waals surface area contributed by atoms with E-state index >= 15 is 0 Å². The zero-order valence-corrected chi connectivity index (χ0v) is 11.9. The molecule has 3 N–H and O–H groups in total. The molecule has 1 aromatic heterocycles.